The van der Waals surface area contributed by atoms with E-state index in [0.717, 1.165) is 19.1 Å². The molecule has 0 radical (unpaired) electrons. The maximum Gasteiger partial charge on any atom is 0.203 e. The van der Waals surface area contributed by atoms with Crippen LogP contribution in [0.1, 0.15) is 57.8 Å². The zero-order valence-corrected chi connectivity index (χ0v) is 12.4. The molecule has 20 heavy (non-hydrogen) atoms. The molecule has 2 aliphatic rings. The summed E-state index contributed by atoms with van der Waals surface area (Å²) in [6, 6.07) is 0.621. The number of hydrogen-bond donors (Lipinski definition) is 1. The Kier molecular flexibility index (Phi) is 4.96. The molecular formula is C16H27N3O. The Morgan fingerprint density at radius 2 is 1.85 bits per heavy atom. The van der Waals surface area contributed by atoms with Gasteiger partial charge in [0, 0.05) is 25.0 Å². The van der Waals surface area contributed by atoms with Crippen LogP contribution in [0.5, 0.6) is 0 Å². The lowest BCUT2D eigenvalue weighted by molar-refractivity contribution is 0.0242. The molecule has 0 amide bonds. The van der Waals surface area contributed by atoms with E-state index in [2.05, 4.69) is 21.1 Å². The van der Waals surface area contributed by atoms with Gasteiger partial charge >= 0.3 is 0 Å². The third-order valence-corrected chi connectivity index (χ3v) is 4.64. The molecule has 0 atom stereocenters. The lowest BCUT2D eigenvalue weighted by Crippen LogP contribution is -2.21. The SMILES string of the molecule is c1cn(CCOC2CCCCC2)c(NC2CCCC2)n1. The molecule has 0 saturated heterocycles. The molecule has 2 saturated carbocycles. The van der Waals surface area contributed by atoms with Crippen molar-refractivity contribution in [2.24, 2.45) is 0 Å². The minimum atomic E-state index is 0.499. The largest absolute Gasteiger partial charge is 0.376 e. The highest BCUT2D eigenvalue weighted by atomic mass is 16.5. The number of nitrogens with one attached hydrogen (secondary N) is 1. The molecule has 4 nitrogen and oxygen atoms in total. The first kappa shape index (κ1) is 13.9. The zero-order valence-electron chi connectivity index (χ0n) is 12.4. The van der Waals surface area contributed by atoms with Crippen molar-refractivity contribution in [3.8, 4) is 0 Å². The molecule has 112 valence electrons. The minimum absolute atomic E-state index is 0.499. The second-order valence-corrected chi connectivity index (χ2v) is 6.20. The summed E-state index contributed by atoms with van der Waals surface area (Å²) in [6.07, 6.45) is 16.3. The van der Waals surface area contributed by atoms with Gasteiger partial charge in [-0.1, -0.05) is 32.1 Å². The molecule has 0 spiro atoms. The van der Waals surface area contributed by atoms with Crippen LogP contribution in [0.25, 0.3) is 0 Å². The summed E-state index contributed by atoms with van der Waals surface area (Å²) in [7, 11) is 0. The van der Waals surface area contributed by atoms with E-state index >= 15 is 0 Å². The molecule has 1 N–H and O–H groups in total. The normalized spacial score (nSPS) is 21.4. The van der Waals surface area contributed by atoms with Gasteiger partial charge in [0.15, 0.2) is 0 Å². The smallest absolute Gasteiger partial charge is 0.203 e. The van der Waals surface area contributed by atoms with Crippen molar-refractivity contribution in [3.63, 3.8) is 0 Å². The molecule has 2 fully saturated rings. The van der Waals surface area contributed by atoms with Gasteiger partial charge in [0.05, 0.1) is 12.7 Å². The maximum absolute atomic E-state index is 6.00. The Bertz CT molecular complexity index is 392. The number of nitrogens with zero attached hydrogens (tertiary/aromatic N) is 2. The lowest BCUT2D eigenvalue weighted by Gasteiger charge is -2.22. The second kappa shape index (κ2) is 7.11. The predicted octanol–water partition coefficient (Wildman–Crippen LogP) is 3.59. The van der Waals surface area contributed by atoms with Crippen molar-refractivity contribution in [1.82, 2.24) is 9.55 Å². The van der Waals surface area contributed by atoms with Crippen LogP contribution < -0.4 is 5.32 Å². The van der Waals surface area contributed by atoms with Gasteiger partial charge in [0.2, 0.25) is 5.95 Å². The van der Waals surface area contributed by atoms with Crippen LogP contribution in [0.2, 0.25) is 0 Å². The summed E-state index contributed by atoms with van der Waals surface area (Å²) in [6.45, 7) is 1.71. The third kappa shape index (κ3) is 3.75. The summed E-state index contributed by atoms with van der Waals surface area (Å²) in [5.41, 5.74) is 0. The van der Waals surface area contributed by atoms with Gasteiger partial charge in [-0.15, -0.1) is 0 Å². The monoisotopic (exact) mass is 277 g/mol. The van der Waals surface area contributed by atoms with Gasteiger partial charge in [-0.3, -0.25) is 0 Å². The maximum atomic E-state index is 6.00. The molecule has 1 aromatic heterocycles. The highest BCUT2D eigenvalue weighted by Crippen LogP contribution is 2.22. The van der Waals surface area contributed by atoms with E-state index in [1.807, 2.05) is 6.20 Å². The second-order valence-electron chi connectivity index (χ2n) is 6.20. The molecule has 3 rings (SSSR count). The van der Waals surface area contributed by atoms with Gasteiger partial charge in [-0.25, -0.2) is 4.98 Å². The summed E-state index contributed by atoms with van der Waals surface area (Å²) < 4.78 is 8.20. The van der Waals surface area contributed by atoms with Crippen LogP contribution >= 0.6 is 0 Å². The minimum Gasteiger partial charge on any atom is -0.376 e. The average Bonchev–Trinajstić information content (AvgIpc) is 3.13. The first-order valence-corrected chi connectivity index (χ1v) is 8.31. The quantitative estimate of drug-likeness (QED) is 0.863. The first-order valence-electron chi connectivity index (χ1n) is 8.31. The van der Waals surface area contributed by atoms with E-state index in [1.54, 1.807) is 0 Å². The molecule has 0 bridgehead atoms. The fraction of sp³-hybridized carbons (Fsp3) is 0.812. The molecule has 1 aromatic rings. The molecule has 1 heterocycles. The number of hydrogen-bond acceptors (Lipinski definition) is 3. The van der Waals surface area contributed by atoms with Crippen LogP contribution in [-0.2, 0) is 11.3 Å². The number of aromatic nitrogens is 2. The fourth-order valence-electron chi connectivity index (χ4n) is 3.43. The summed E-state index contributed by atoms with van der Waals surface area (Å²) in [5.74, 6) is 1.02. The van der Waals surface area contributed by atoms with Gasteiger partial charge in [0.1, 0.15) is 0 Å². The molecule has 0 unspecified atom stereocenters. The zero-order chi connectivity index (χ0) is 13.6. The highest BCUT2D eigenvalue weighted by molar-refractivity contribution is 5.27. The fourth-order valence-corrected chi connectivity index (χ4v) is 3.43. The van der Waals surface area contributed by atoms with Crippen molar-refractivity contribution in [3.05, 3.63) is 12.4 Å². The first-order chi connectivity index (χ1) is 9.92. The Labute approximate surface area is 121 Å². The number of anilines is 1. The topological polar surface area (TPSA) is 39.1 Å². The summed E-state index contributed by atoms with van der Waals surface area (Å²) >= 11 is 0. The van der Waals surface area contributed by atoms with E-state index in [4.69, 9.17) is 4.74 Å². The molecule has 2 aliphatic carbocycles. The Morgan fingerprint density at radius 1 is 1.10 bits per heavy atom. The summed E-state index contributed by atoms with van der Waals surface area (Å²) in [5, 5.41) is 3.57. The van der Waals surface area contributed by atoms with Crippen molar-refractivity contribution in [1.29, 1.82) is 0 Å². The number of rotatable bonds is 6. The van der Waals surface area contributed by atoms with Gasteiger partial charge in [-0.05, 0) is 25.7 Å². The summed E-state index contributed by atoms with van der Waals surface area (Å²) in [4.78, 5) is 4.44. The van der Waals surface area contributed by atoms with E-state index in [0.29, 0.717) is 12.1 Å². The van der Waals surface area contributed by atoms with Crippen molar-refractivity contribution < 1.29 is 4.74 Å². The van der Waals surface area contributed by atoms with Crippen LogP contribution in [-0.4, -0.2) is 28.3 Å². The predicted molar refractivity (Wildman–Crippen MR) is 80.9 cm³/mol. The number of ether oxygens (including phenoxy) is 1. The van der Waals surface area contributed by atoms with E-state index in [1.165, 1.54) is 57.8 Å². The molecule has 0 aliphatic heterocycles. The number of imidazole rings is 1. The Morgan fingerprint density at radius 3 is 2.65 bits per heavy atom. The highest BCUT2D eigenvalue weighted by Gasteiger charge is 2.17. The molecular weight excluding hydrogens is 250 g/mol. The van der Waals surface area contributed by atoms with E-state index in [-0.39, 0.29) is 0 Å². The van der Waals surface area contributed by atoms with Crippen LogP contribution in [0.4, 0.5) is 5.95 Å². The molecule has 0 aromatic carbocycles. The van der Waals surface area contributed by atoms with E-state index < -0.39 is 0 Å². The Balaban J connectivity index is 1.43. The Hall–Kier alpha value is -1.03. The van der Waals surface area contributed by atoms with Crippen LogP contribution in [0, 0.1) is 0 Å². The van der Waals surface area contributed by atoms with E-state index in [9.17, 15) is 0 Å². The van der Waals surface area contributed by atoms with Crippen molar-refractivity contribution >= 4 is 5.95 Å². The van der Waals surface area contributed by atoms with Crippen LogP contribution in [0.3, 0.4) is 0 Å². The average molecular weight is 277 g/mol. The van der Waals surface area contributed by atoms with Crippen molar-refractivity contribution in [2.75, 3.05) is 11.9 Å². The van der Waals surface area contributed by atoms with Gasteiger partial charge < -0.3 is 14.6 Å². The molecule has 4 heteroatoms. The third-order valence-electron chi connectivity index (χ3n) is 4.64. The van der Waals surface area contributed by atoms with Gasteiger partial charge in [-0.2, -0.15) is 0 Å². The van der Waals surface area contributed by atoms with Crippen molar-refractivity contribution in [2.45, 2.75) is 76.5 Å². The lowest BCUT2D eigenvalue weighted by atomic mass is 9.98. The van der Waals surface area contributed by atoms with Gasteiger partial charge in [0.25, 0.3) is 0 Å². The standard InChI is InChI=1S/C16H27N3O/c1-2-8-15(9-3-1)20-13-12-19-11-10-17-16(19)18-14-6-4-5-7-14/h10-11,14-15H,1-9,12-13H2,(H,17,18). The van der Waals surface area contributed by atoms with Crippen LogP contribution in [0.15, 0.2) is 12.4 Å².